The van der Waals surface area contributed by atoms with Crippen molar-refractivity contribution in [1.82, 2.24) is 4.57 Å². The van der Waals surface area contributed by atoms with E-state index in [9.17, 15) is 18.8 Å². The number of hydrogen-bond acceptors (Lipinski definition) is 6. The van der Waals surface area contributed by atoms with E-state index in [2.05, 4.69) is 15.5 Å². The number of methoxy groups -OCH3 is 2. The van der Waals surface area contributed by atoms with Gasteiger partial charge in [0.1, 0.15) is 17.3 Å². The highest BCUT2D eigenvalue weighted by Crippen LogP contribution is 2.39. The zero-order valence-electron chi connectivity index (χ0n) is 23.8. The first-order chi connectivity index (χ1) is 20.8. The molecule has 1 saturated heterocycles. The average Bonchev–Trinajstić information content (AvgIpc) is 3.02. The summed E-state index contributed by atoms with van der Waals surface area (Å²) in [5.74, 6) is -0.190. The summed E-state index contributed by atoms with van der Waals surface area (Å²) in [4.78, 5) is 41.5. The SMILES string of the molecule is COc1cc(OC)cc(C(=O)Nc2cc(C(=O)Nc3ccccc3F)ccc2N2C[C@H]3C[C@@H](C2)c2cccc(=O)n2C3)c1. The van der Waals surface area contributed by atoms with Crippen molar-refractivity contribution in [2.75, 3.05) is 42.8 Å². The summed E-state index contributed by atoms with van der Waals surface area (Å²) in [6.07, 6.45) is 0.967. The lowest BCUT2D eigenvalue weighted by Gasteiger charge is -2.44. The number of piperidine rings is 1. The van der Waals surface area contributed by atoms with E-state index in [4.69, 9.17) is 9.47 Å². The van der Waals surface area contributed by atoms with Crippen molar-refractivity contribution >= 4 is 28.9 Å². The van der Waals surface area contributed by atoms with Crippen LogP contribution < -0.4 is 30.6 Å². The van der Waals surface area contributed by atoms with Crippen LogP contribution in [0.4, 0.5) is 21.5 Å². The van der Waals surface area contributed by atoms with Crippen molar-refractivity contribution in [1.29, 1.82) is 0 Å². The summed E-state index contributed by atoms with van der Waals surface area (Å²) in [7, 11) is 3.01. The minimum absolute atomic E-state index is 0.00698. The van der Waals surface area contributed by atoms with Crippen LogP contribution in [0.15, 0.2) is 83.7 Å². The van der Waals surface area contributed by atoms with E-state index in [1.807, 2.05) is 10.6 Å². The first kappa shape index (κ1) is 28.0. The maximum Gasteiger partial charge on any atom is 0.255 e. The molecule has 6 rings (SSSR count). The standard InChI is InChI=1S/C33H31FN4O5/c1-42-24-13-22(14-25(16-24)43-2)33(41)36-28-15-21(32(40)35-27-7-4-3-6-26(27)34)10-11-30(28)37-17-20-12-23(19-37)29-8-5-9-31(39)38(29)18-20/h3-11,13-16,20,23H,12,17-19H2,1-2H3,(H,35,40)(H,36,41)/t20-,23+/m1/s1. The number of carbonyl (C=O) groups excluding carboxylic acids is 2. The minimum atomic E-state index is -0.549. The molecular weight excluding hydrogens is 551 g/mol. The van der Waals surface area contributed by atoms with Crippen molar-refractivity contribution in [3.05, 3.63) is 112 Å². The summed E-state index contributed by atoms with van der Waals surface area (Å²) >= 11 is 0. The van der Waals surface area contributed by atoms with Crippen LogP contribution in [0.5, 0.6) is 11.5 Å². The number of rotatable bonds is 7. The van der Waals surface area contributed by atoms with Crippen molar-refractivity contribution in [3.63, 3.8) is 0 Å². The molecule has 43 heavy (non-hydrogen) atoms. The molecule has 4 aromatic rings. The molecule has 9 nitrogen and oxygen atoms in total. The molecular formula is C33H31FN4O5. The van der Waals surface area contributed by atoms with E-state index < -0.39 is 17.6 Å². The topological polar surface area (TPSA) is 102 Å². The Morgan fingerprint density at radius 3 is 2.26 bits per heavy atom. The fourth-order valence-electron chi connectivity index (χ4n) is 6.04. The predicted molar refractivity (Wildman–Crippen MR) is 162 cm³/mol. The Morgan fingerprint density at radius 2 is 1.51 bits per heavy atom. The Labute approximate surface area is 247 Å². The molecule has 0 spiro atoms. The predicted octanol–water partition coefficient (Wildman–Crippen LogP) is 5.13. The number of ether oxygens (including phenoxy) is 2. The Bertz CT molecular complexity index is 1750. The maximum atomic E-state index is 14.3. The highest BCUT2D eigenvalue weighted by molar-refractivity contribution is 6.09. The number of hydrogen-bond donors (Lipinski definition) is 2. The lowest BCUT2D eigenvalue weighted by Crippen LogP contribution is -2.47. The summed E-state index contributed by atoms with van der Waals surface area (Å²) in [6.45, 7) is 1.93. The third kappa shape index (κ3) is 5.68. The number of aromatic nitrogens is 1. The molecule has 10 heteroatoms. The molecule has 0 aliphatic carbocycles. The van der Waals surface area contributed by atoms with E-state index in [1.165, 1.54) is 26.4 Å². The second kappa shape index (κ2) is 11.6. The second-order valence-corrected chi connectivity index (χ2v) is 10.8. The molecule has 2 atom stereocenters. The Morgan fingerprint density at radius 1 is 0.791 bits per heavy atom. The number of para-hydroxylation sites is 1. The van der Waals surface area contributed by atoms with Crippen molar-refractivity contribution < 1.29 is 23.5 Å². The first-order valence-electron chi connectivity index (χ1n) is 14.0. The molecule has 2 N–H and O–H groups in total. The number of nitrogens with one attached hydrogen (secondary N) is 2. The number of carbonyl (C=O) groups is 2. The highest BCUT2D eigenvalue weighted by Gasteiger charge is 2.35. The van der Waals surface area contributed by atoms with Crippen LogP contribution in [0, 0.1) is 11.7 Å². The zero-order chi connectivity index (χ0) is 30.1. The van der Waals surface area contributed by atoms with Gasteiger partial charge in [0.05, 0.1) is 31.3 Å². The van der Waals surface area contributed by atoms with Crippen LogP contribution >= 0.6 is 0 Å². The van der Waals surface area contributed by atoms with Gasteiger partial charge in [0, 0.05) is 54.5 Å². The smallest absolute Gasteiger partial charge is 0.255 e. The van der Waals surface area contributed by atoms with E-state index in [0.717, 1.165) is 17.8 Å². The van der Waals surface area contributed by atoms with E-state index in [-0.39, 0.29) is 28.6 Å². The molecule has 220 valence electrons. The van der Waals surface area contributed by atoms with Gasteiger partial charge in [-0.2, -0.15) is 0 Å². The minimum Gasteiger partial charge on any atom is -0.497 e. The van der Waals surface area contributed by atoms with Gasteiger partial charge in [0.15, 0.2) is 0 Å². The summed E-state index contributed by atoms with van der Waals surface area (Å²) < 4.78 is 26.8. The van der Waals surface area contributed by atoms with Gasteiger partial charge in [-0.25, -0.2) is 4.39 Å². The number of halogens is 1. The Hall–Kier alpha value is -5.12. The van der Waals surface area contributed by atoms with E-state index in [1.54, 1.807) is 60.7 Å². The quantitative estimate of drug-likeness (QED) is 0.313. The van der Waals surface area contributed by atoms with Crippen LogP contribution in [-0.2, 0) is 6.54 Å². The van der Waals surface area contributed by atoms with Crippen molar-refractivity contribution in [2.45, 2.75) is 18.9 Å². The van der Waals surface area contributed by atoms with Crippen LogP contribution in [-0.4, -0.2) is 43.7 Å². The molecule has 0 unspecified atom stereocenters. The molecule has 1 aromatic heterocycles. The molecule has 1 fully saturated rings. The van der Waals surface area contributed by atoms with Crippen molar-refractivity contribution in [2.24, 2.45) is 5.92 Å². The molecule has 3 aromatic carbocycles. The van der Waals surface area contributed by atoms with E-state index >= 15 is 0 Å². The van der Waals surface area contributed by atoms with Crippen LogP contribution in [0.3, 0.4) is 0 Å². The van der Waals surface area contributed by atoms with Crippen LogP contribution in [0.2, 0.25) is 0 Å². The van der Waals surface area contributed by atoms with Gasteiger partial charge in [0.25, 0.3) is 17.4 Å². The summed E-state index contributed by atoms with van der Waals surface area (Å²) in [5.41, 5.74) is 2.80. The largest absolute Gasteiger partial charge is 0.497 e. The fourth-order valence-corrected chi connectivity index (χ4v) is 6.04. The van der Waals surface area contributed by atoms with Gasteiger partial charge >= 0.3 is 0 Å². The van der Waals surface area contributed by atoms with Gasteiger partial charge in [-0.1, -0.05) is 18.2 Å². The first-order valence-corrected chi connectivity index (χ1v) is 14.0. The molecule has 2 amide bonds. The van der Waals surface area contributed by atoms with Crippen LogP contribution in [0.1, 0.15) is 38.7 Å². The summed E-state index contributed by atoms with van der Waals surface area (Å²) in [6, 6.07) is 21.3. The zero-order valence-corrected chi connectivity index (χ0v) is 23.8. The molecule has 2 aliphatic heterocycles. The highest BCUT2D eigenvalue weighted by atomic mass is 19.1. The number of nitrogens with zero attached hydrogens (tertiary/aromatic N) is 2. The van der Waals surface area contributed by atoms with Gasteiger partial charge in [0.2, 0.25) is 0 Å². The number of fused-ring (bicyclic) bond motifs is 4. The van der Waals surface area contributed by atoms with E-state index in [0.29, 0.717) is 42.4 Å². The Kier molecular flexibility index (Phi) is 7.58. The third-order valence-corrected chi connectivity index (χ3v) is 8.06. The van der Waals surface area contributed by atoms with Gasteiger partial charge < -0.3 is 29.6 Å². The fraction of sp³-hybridized carbons (Fsp3) is 0.242. The lowest BCUT2D eigenvalue weighted by molar-refractivity contribution is 0.101. The third-order valence-electron chi connectivity index (χ3n) is 8.06. The molecule has 3 heterocycles. The average molecular weight is 583 g/mol. The number of amides is 2. The monoisotopic (exact) mass is 582 g/mol. The normalized spacial score (nSPS) is 17.0. The second-order valence-electron chi connectivity index (χ2n) is 10.8. The maximum absolute atomic E-state index is 14.3. The van der Waals surface area contributed by atoms with Gasteiger partial charge in [-0.15, -0.1) is 0 Å². The molecule has 0 saturated carbocycles. The Balaban J connectivity index is 1.35. The number of anilines is 3. The number of benzene rings is 3. The number of pyridine rings is 1. The van der Waals surface area contributed by atoms with Crippen LogP contribution in [0.25, 0.3) is 0 Å². The lowest BCUT2D eigenvalue weighted by atomic mass is 9.83. The molecule has 2 aliphatic rings. The van der Waals surface area contributed by atoms with Gasteiger partial charge in [-0.05, 0) is 60.9 Å². The molecule has 2 bridgehead atoms. The molecule has 0 radical (unpaired) electrons. The summed E-state index contributed by atoms with van der Waals surface area (Å²) in [5, 5.41) is 5.60. The van der Waals surface area contributed by atoms with Gasteiger partial charge in [-0.3, -0.25) is 14.4 Å². The van der Waals surface area contributed by atoms with Crippen molar-refractivity contribution in [3.8, 4) is 11.5 Å².